The monoisotopic (exact) mass is 340 g/mol. The Morgan fingerprint density at radius 3 is 2.80 bits per heavy atom. The third-order valence-corrected chi connectivity index (χ3v) is 2.93. The molecular formula is C12H13BrN4O3. The van der Waals surface area contributed by atoms with Gasteiger partial charge in [0.05, 0.1) is 11.5 Å². The number of nitrogens with one attached hydrogen (secondary N) is 1. The van der Waals surface area contributed by atoms with Crippen LogP contribution in [0.5, 0.6) is 0 Å². The highest BCUT2D eigenvalue weighted by molar-refractivity contribution is 9.10. The normalized spacial score (nSPS) is 11.0. The van der Waals surface area contributed by atoms with Gasteiger partial charge in [-0.25, -0.2) is 0 Å². The molecule has 0 aliphatic heterocycles. The van der Waals surface area contributed by atoms with Gasteiger partial charge < -0.3 is 9.73 Å². The van der Waals surface area contributed by atoms with E-state index in [1.807, 2.05) is 13.8 Å². The van der Waals surface area contributed by atoms with Gasteiger partial charge in [-0.2, -0.15) is 0 Å². The highest BCUT2D eigenvalue weighted by atomic mass is 79.9. The molecule has 1 aromatic heterocycles. The lowest BCUT2D eigenvalue weighted by Gasteiger charge is -2.03. The number of nitro benzene ring substituents is 1. The Bertz CT molecular complexity index is 627. The summed E-state index contributed by atoms with van der Waals surface area (Å²) in [6.45, 7) is 4.48. The second-order valence-electron chi connectivity index (χ2n) is 4.49. The van der Waals surface area contributed by atoms with Gasteiger partial charge in [-0.05, 0) is 6.07 Å². The second-order valence-corrected chi connectivity index (χ2v) is 5.41. The molecule has 1 aromatic carbocycles. The minimum absolute atomic E-state index is 0.0329. The maximum Gasteiger partial charge on any atom is 0.271 e. The van der Waals surface area contributed by atoms with E-state index < -0.39 is 4.92 Å². The fraction of sp³-hybridized carbons (Fsp3) is 0.333. The Balaban J connectivity index is 2.25. The fourth-order valence-electron chi connectivity index (χ4n) is 1.54. The third-order valence-electron chi connectivity index (χ3n) is 2.47. The molecule has 0 atom stereocenters. The number of benzene rings is 1. The first-order chi connectivity index (χ1) is 9.45. The Morgan fingerprint density at radius 1 is 1.40 bits per heavy atom. The summed E-state index contributed by atoms with van der Waals surface area (Å²) >= 11 is 3.23. The van der Waals surface area contributed by atoms with E-state index in [1.165, 1.54) is 12.1 Å². The van der Waals surface area contributed by atoms with Gasteiger partial charge in [0.2, 0.25) is 11.8 Å². The minimum Gasteiger partial charge on any atom is -0.419 e. The van der Waals surface area contributed by atoms with E-state index >= 15 is 0 Å². The van der Waals surface area contributed by atoms with Crippen molar-refractivity contribution in [3.8, 4) is 11.5 Å². The van der Waals surface area contributed by atoms with Crippen LogP contribution in [0.4, 0.5) is 5.69 Å². The molecule has 0 amide bonds. The number of nitrogens with zero attached hydrogens (tertiary/aromatic N) is 3. The molecule has 0 radical (unpaired) electrons. The molecule has 106 valence electrons. The van der Waals surface area contributed by atoms with Crippen molar-refractivity contribution in [2.75, 3.05) is 0 Å². The number of aromatic nitrogens is 2. The maximum absolute atomic E-state index is 10.8. The molecule has 1 heterocycles. The third kappa shape index (κ3) is 3.61. The highest BCUT2D eigenvalue weighted by Crippen LogP contribution is 2.27. The SMILES string of the molecule is CC(C)NCc1nnc(-c2cc(Br)cc([N+](=O)[O-])c2)o1. The number of hydrogen-bond acceptors (Lipinski definition) is 6. The molecule has 0 bridgehead atoms. The summed E-state index contributed by atoms with van der Waals surface area (Å²) in [5, 5.41) is 21.8. The fourth-order valence-corrected chi connectivity index (χ4v) is 2.02. The van der Waals surface area contributed by atoms with Gasteiger partial charge in [-0.3, -0.25) is 10.1 Å². The number of halogens is 1. The molecule has 2 aromatic rings. The zero-order valence-electron chi connectivity index (χ0n) is 11.0. The molecule has 0 saturated heterocycles. The summed E-state index contributed by atoms with van der Waals surface area (Å²) in [5.74, 6) is 0.700. The van der Waals surface area contributed by atoms with Gasteiger partial charge in [0.25, 0.3) is 5.69 Å². The van der Waals surface area contributed by atoms with Crippen LogP contribution in [0.1, 0.15) is 19.7 Å². The standard InChI is InChI=1S/C12H13BrN4O3/c1-7(2)14-6-11-15-16-12(20-11)8-3-9(13)5-10(4-8)17(18)19/h3-5,7,14H,6H2,1-2H3. The van der Waals surface area contributed by atoms with Gasteiger partial charge in [0.15, 0.2) is 0 Å². The van der Waals surface area contributed by atoms with Crippen molar-refractivity contribution in [1.82, 2.24) is 15.5 Å². The average molecular weight is 341 g/mol. The summed E-state index contributed by atoms with van der Waals surface area (Å²) in [7, 11) is 0. The molecule has 0 unspecified atom stereocenters. The summed E-state index contributed by atoms with van der Waals surface area (Å²) in [4.78, 5) is 10.4. The van der Waals surface area contributed by atoms with Crippen molar-refractivity contribution in [3.63, 3.8) is 0 Å². The molecule has 0 fully saturated rings. The van der Waals surface area contributed by atoms with Crippen LogP contribution in [-0.2, 0) is 6.54 Å². The largest absolute Gasteiger partial charge is 0.419 e. The summed E-state index contributed by atoms with van der Waals surface area (Å²) in [6.07, 6.45) is 0. The summed E-state index contributed by atoms with van der Waals surface area (Å²) in [5.41, 5.74) is 0.476. The Hall–Kier alpha value is -1.80. The van der Waals surface area contributed by atoms with Gasteiger partial charge in [-0.15, -0.1) is 10.2 Å². The van der Waals surface area contributed by atoms with Gasteiger partial charge in [0.1, 0.15) is 0 Å². The predicted molar refractivity (Wildman–Crippen MR) is 76.1 cm³/mol. The molecular weight excluding hydrogens is 328 g/mol. The van der Waals surface area contributed by atoms with Crippen LogP contribution in [0.3, 0.4) is 0 Å². The maximum atomic E-state index is 10.8. The molecule has 2 rings (SSSR count). The van der Waals surface area contributed by atoms with Crippen molar-refractivity contribution >= 4 is 21.6 Å². The van der Waals surface area contributed by atoms with E-state index in [4.69, 9.17) is 4.42 Å². The van der Waals surface area contributed by atoms with Crippen molar-refractivity contribution in [2.45, 2.75) is 26.4 Å². The molecule has 7 nitrogen and oxygen atoms in total. The molecule has 0 aliphatic rings. The van der Waals surface area contributed by atoms with Crippen LogP contribution in [0.25, 0.3) is 11.5 Å². The van der Waals surface area contributed by atoms with Gasteiger partial charge in [0, 0.05) is 28.2 Å². The molecule has 0 saturated carbocycles. The summed E-state index contributed by atoms with van der Waals surface area (Å²) in [6, 6.07) is 4.82. The quantitative estimate of drug-likeness (QED) is 0.664. The lowest BCUT2D eigenvalue weighted by Crippen LogP contribution is -2.21. The Labute approximate surface area is 123 Å². The van der Waals surface area contributed by atoms with Gasteiger partial charge in [-0.1, -0.05) is 29.8 Å². The van der Waals surface area contributed by atoms with E-state index in [0.29, 0.717) is 28.5 Å². The first kappa shape index (κ1) is 14.6. The number of non-ortho nitro benzene ring substituents is 1. The van der Waals surface area contributed by atoms with Crippen LogP contribution in [0.2, 0.25) is 0 Å². The lowest BCUT2D eigenvalue weighted by atomic mass is 10.2. The van der Waals surface area contributed by atoms with E-state index in [9.17, 15) is 10.1 Å². The summed E-state index contributed by atoms with van der Waals surface area (Å²) < 4.78 is 6.07. The lowest BCUT2D eigenvalue weighted by molar-refractivity contribution is -0.384. The van der Waals surface area contributed by atoms with Crippen molar-refractivity contribution in [1.29, 1.82) is 0 Å². The molecule has 1 N–H and O–H groups in total. The number of rotatable bonds is 5. The average Bonchev–Trinajstić information content (AvgIpc) is 2.84. The minimum atomic E-state index is -0.466. The first-order valence-electron chi connectivity index (χ1n) is 5.97. The predicted octanol–water partition coefficient (Wildman–Crippen LogP) is 2.91. The highest BCUT2D eigenvalue weighted by Gasteiger charge is 2.14. The van der Waals surface area contributed by atoms with Gasteiger partial charge >= 0.3 is 0 Å². The van der Waals surface area contributed by atoms with Crippen LogP contribution >= 0.6 is 15.9 Å². The topological polar surface area (TPSA) is 94.1 Å². The zero-order chi connectivity index (χ0) is 14.7. The molecule has 0 spiro atoms. The van der Waals surface area contributed by atoms with Crippen molar-refractivity contribution in [3.05, 3.63) is 38.7 Å². The van der Waals surface area contributed by atoms with E-state index in [2.05, 4.69) is 31.4 Å². The zero-order valence-corrected chi connectivity index (χ0v) is 12.5. The number of nitro groups is 1. The number of hydrogen-bond donors (Lipinski definition) is 1. The Morgan fingerprint density at radius 2 is 2.15 bits per heavy atom. The van der Waals surface area contributed by atoms with Crippen LogP contribution in [0, 0.1) is 10.1 Å². The van der Waals surface area contributed by atoms with E-state index in [-0.39, 0.29) is 11.6 Å². The smallest absolute Gasteiger partial charge is 0.271 e. The molecule has 8 heteroatoms. The van der Waals surface area contributed by atoms with Crippen LogP contribution < -0.4 is 5.32 Å². The van der Waals surface area contributed by atoms with E-state index in [0.717, 1.165) is 0 Å². The Kier molecular flexibility index (Phi) is 4.46. The van der Waals surface area contributed by atoms with E-state index in [1.54, 1.807) is 6.07 Å². The van der Waals surface area contributed by atoms with Crippen LogP contribution in [0.15, 0.2) is 27.1 Å². The second kappa shape index (κ2) is 6.10. The molecule has 0 aliphatic carbocycles. The molecule has 20 heavy (non-hydrogen) atoms. The van der Waals surface area contributed by atoms with Crippen LogP contribution in [-0.4, -0.2) is 21.2 Å². The van der Waals surface area contributed by atoms with Crippen molar-refractivity contribution in [2.24, 2.45) is 0 Å². The van der Waals surface area contributed by atoms with Crippen molar-refractivity contribution < 1.29 is 9.34 Å². The first-order valence-corrected chi connectivity index (χ1v) is 6.76.